The van der Waals surface area contributed by atoms with Gasteiger partial charge < -0.3 is 13.9 Å². The minimum absolute atomic E-state index is 0.0403. The maximum Gasteiger partial charge on any atom is 0.339 e. The van der Waals surface area contributed by atoms with Crippen LogP contribution in [0.25, 0.3) is 0 Å². The molecule has 0 aliphatic carbocycles. The lowest BCUT2D eigenvalue weighted by atomic mass is 10.1. The van der Waals surface area contributed by atoms with Crippen molar-refractivity contribution in [2.45, 2.75) is 12.2 Å². The lowest BCUT2D eigenvalue weighted by Crippen LogP contribution is -2.00. The second-order valence-electron chi connectivity index (χ2n) is 4.11. The van der Waals surface area contributed by atoms with E-state index in [0.29, 0.717) is 11.5 Å². The van der Waals surface area contributed by atoms with Gasteiger partial charge in [0.2, 0.25) is 0 Å². The minimum Gasteiger partial charge on any atom is -0.496 e. The molecule has 2 heterocycles. The number of rotatable bonds is 3. The molecule has 4 nitrogen and oxygen atoms in total. The van der Waals surface area contributed by atoms with E-state index in [-0.39, 0.29) is 12.2 Å². The average molecular weight is 244 g/mol. The highest BCUT2D eigenvalue weighted by Crippen LogP contribution is 2.50. The van der Waals surface area contributed by atoms with Crippen LogP contribution in [0, 0.1) is 0 Å². The van der Waals surface area contributed by atoms with Gasteiger partial charge in [0, 0.05) is 6.07 Å². The van der Waals surface area contributed by atoms with Crippen molar-refractivity contribution in [2.75, 3.05) is 7.11 Å². The molecule has 18 heavy (non-hydrogen) atoms. The van der Waals surface area contributed by atoms with Gasteiger partial charge in [-0.25, -0.2) is 4.79 Å². The lowest BCUT2D eigenvalue weighted by Gasteiger charge is -2.00. The summed E-state index contributed by atoms with van der Waals surface area (Å²) < 4.78 is 15.7. The highest BCUT2D eigenvalue weighted by Gasteiger charge is 2.43. The Morgan fingerprint density at radius 1 is 1.11 bits per heavy atom. The van der Waals surface area contributed by atoms with Crippen molar-refractivity contribution in [2.24, 2.45) is 0 Å². The highest BCUT2D eigenvalue weighted by molar-refractivity contribution is 5.29. The molecule has 2 aromatic rings. The fraction of sp³-hybridized carbons (Fsp3) is 0.214. The predicted molar refractivity (Wildman–Crippen MR) is 64.5 cm³/mol. The van der Waals surface area contributed by atoms with Crippen LogP contribution in [0.15, 0.2) is 51.7 Å². The predicted octanol–water partition coefficient (Wildman–Crippen LogP) is 2.46. The number of epoxide rings is 1. The van der Waals surface area contributed by atoms with E-state index in [1.807, 2.05) is 30.3 Å². The number of benzene rings is 1. The highest BCUT2D eigenvalue weighted by atomic mass is 16.6. The van der Waals surface area contributed by atoms with Gasteiger partial charge in [0.15, 0.2) is 0 Å². The molecule has 1 aromatic carbocycles. The van der Waals surface area contributed by atoms with Crippen LogP contribution in [0.2, 0.25) is 0 Å². The molecule has 2 unspecified atom stereocenters. The second-order valence-corrected chi connectivity index (χ2v) is 4.11. The number of hydrogen-bond donors (Lipinski definition) is 0. The summed E-state index contributed by atoms with van der Waals surface area (Å²) in [5.74, 6) is 0.997. The van der Waals surface area contributed by atoms with Gasteiger partial charge >= 0.3 is 5.63 Å². The number of hydrogen-bond acceptors (Lipinski definition) is 4. The largest absolute Gasteiger partial charge is 0.496 e. The normalized spacial score (nSPS) is 21.6. The Labute approximate surface area is 104 Å². The second kappa shape index (κ2) is 4.31. The molecule has 1 aliphatic heterocycles. The average Bonchev–Trinajstić information content (AvgIpc) is 3.19. The summed E-state index contributed by atoms with van der Waals surface area (Å²) in [4.78, 5) is 11.3. The standard InChI is InChI=1S/C14H12O4/c1-16-10-7-11(17-12(15)8-10)14-13(18-14)9-5-3-2-4-6-9/h2-8,13-14H,1H3. The van der Waals surface area contributed by atoms with E-state index < -0.39 is 5.63 Å². The van der Waals surface area contributed by atoms with Crippen LogP contribution < -0.4 is 10.4 Å². The maximum atomic E-state index is 11.3. The van der Waals surface area contributed by atoms with Crippen molar-refractivity contribution in [3.05, 3.63) is 64.2 Å². The van der Waals surface area contributed by atoms with Crippen LogP contribution >= 0.6 is 0 Å². The smallest absolute Gasteiger partial charge is 0.339 e. The van der Waals surface area contributed by atoms with Crippen LogP contribution in [0.1, 0.15) is 23.5 Å². The van der Waals surface area contributed by atoms with Gasteiger partial charge in [-0.3, -0.25) is 0 Å². The molecule has 92 valence electrons. The fourth-order valence-electron chi connectivity index (χ4n) is 1.96. The maximum absolute atomic E-state index is 11.3. The van der Waals surface area contributed by atoms with Crippen molar-refractivity contribution >= 4 is 0 Å². The van der Waals surface area contributed by atoms with Crippen molar-refractivity contribution < 1.29 is 13.9 Å². The first-order valence-corrected chi connectivity index (χ1v) is 5.67. The quantitative estimate of drug-likeness (QED) is 0.778. The van der Waals surface area contributed by atoms with Crippen molar-refractivity contribution in [3.8, 4) is 5.75 Å². The number of ether oxygens (including phenoxy) is 2. The van der Waals surface area contributed by atoms with Gasteiger partial charge in [0.05, 0.1) is 13.2 Å². The van der Waals surface area contributed by atoms with E-state index in [1.54, 1.807) is 6.07 Å². The molecule has 1 saturated heterocycles. The summed E-state index contributed by atoms with van der Waals surface area (Å²) in [6.45, 7) is 0. The molecule has 0 amide bonds. The molecular formula is C14H12O4. The van der Waals surface area contributed by atoms with Crippen LogP contribution in [0.3, 0.4) is 0 Å². The molecule has 0 radical (unpaired) electrons. The molecule has 2 atom stereocenters. The lowest BCUT2D eigenvalue weighted by molar-refractivity contribution is 0.332. The molecule has 0 saturated carbocycles. The van der Waals surface area contributed by atoms with Gasteiger partial charge in [-0.15, -0.1) is 0 Å². The fourth-order valence-corrected chi connectivity index (χ4v) is 1.96. The summed E-state index contributed by atoms with van der Waals surface area (Å²) in [5.41, 5.74) is 0.652. The summed E-state index contributed by atoms with van der Waals surface area (Å²) in [6, 6.07) is 12.8. The third kappa shape index (κ3) is 2.02. The minimum atomic E-state index is -0.424. The first-order valence-electron chi connectivity index (χ1n) is 5.67. The van der Waals surface area contributed by atoms with E-state index in [1.165, 1.54) is 13.2 Å². The Bertz CT molecular complexity index is 603. The van der Waals surface area contributed by atoms with Crippen LogP contribution in [0.5, 0.6) is 5.75 Å². The first kappa shape index (κ1) is 11.0. The van der Waals surface area contributed by atoms with Gasteiger partial charge in [-0.1, -0.05) is 30.3 Å². The Morgan fingerprint density at radius 2 is 1.89 bits per heavy atom. The molecule has 0 N–H and O–H groups in total. The Kier molecular flexibility index (Phi) is 2.64. The molecular weight excluding hydrogens is 232 g/mol. The van der Waals surface area contributed by atoms with E-state index in [2.05, 4.69) is 0 Å². The van der Waals surface area contributed by atoms with Crippen LogP contribution in [-0.2, 0) is 4.74 Å². The molecule has 0 spiro atoms. The molecule has 1 fully saturated rings. The zero-order valence-corrected chi connectivity index (χ0v) is 9.83. The van der Waals surface area contributed by atoms with E-state index in [4.69, 9.17) is 13.9 Å². The summed E-state index contributed by atoms with van der Waals surface area (Å²) in [7, 11) is 1.51. The topological polar surface area (TPSA) is 52.0 Å². The van der Waals surface area contributed by atoms with Crippen molar-refractivity contribution in [1.29, 1.82) is 0 Å². The zero-order valence-electron chi connectivity index (χ0n) is 9.83. The Balaban J connectivity index is 1.86. The number of methoxy groups -OCH3 is 1. The zero-order chi connectivity index (χ0) is 12.5. The van der Waals surface area contributed by atoms with E-state index in [9.17, 15) is 4.79 Å². The van der Waals surface area contributed by atoms with E-state index >= 15 is 0 Å². The molecule has 1 aromatic heterocycles. The molecule has 0 bridgehead atoms. The molecule has 1 aliphatic rings. The Morgan fingerprint density at radius 3 is 2.61 bits per heavy atom. The van der Waals surface area contributed by atoms with E-state index in [0.717, 1.165) is 5.56 Å². The monoisotopic (exact) mass is 244 g/mol. The van der Waals surface area contributed by atoms with Gasteiger partial charge in [0.25, 0.3) is 0 Å². The van der Waals surface area contributed by atoms with Gasteiger partial charge in [-0.2, -0.15) is 0 Å². The summed E-state index contributed by atoms with van der Waals surface area (Å²) in [5, 5.41) is 0. The Hall–Kier alpha value is -2.07. The summed E-state index contributed by atoms with van der Waals surface area (Å²) in [6.07, 6.45) is -0.239. The third-order valence-electron chi connectivity index (χ3n) is 2.90. The third-order valence-corrected chi connectivity index (χ3v) is 2.90. The van der Waals surface area contributed by atoms with Crippen molar-refractivity contribution in [3.63, 3.8) is 0 Å². The van der Waals surface area contributed by atoms with Gasteiger partial charge in [-0.05, 0) is 5.56 Å². The van der Waals surface area contributed by atoms with Gasteiger partial charge in [0.1, 0.15) is 23.7 Å². The van der Waals surface area contributed by atoms with Crippen molar-refractivity contribution in [1.82, 2.24) is 0 Å². The molecule has 3 rings (SSSR count). The van der Waals surface area contributed by atoms with Crippen LogP contribution in [0.4, 0.5) is 0 Å². The van der Waals surface area contributed by atoms with Crippen LogP contribution in [-0.4, -0.2) is 7.11 Å². The SMILES string of the molecule is COc1cc(C2OC2c2ccccc2)oc(=O)c1. The first-order chi connectivity index (χ1) is 8.78. The summed E-state index contributed by atoms with van der Waals surface area (Å²) >= 11 is 0. The molecule has 4 heteroatoms.